The van der Waals surface area contributed by atoms with Gasteiger partial charge in [-0.15, -0.1) is 34.0 Å². The molecule has 12 rings (SSSR count). The summed E-state index contributed by atoms with van der Waals surface area (Å²) in [5.74, 6) is -1.65. The summed E-state index contributed by atoms with van der Waals surface area (Å²) in [5.41, 5.74) is 10.9. The Hall–Kier alpha value is -9.26. The lowest BCUT2D eigenvalue weighted by molar-refractivity contribution is 0.0515. The smallest absolute Gasteiger partial charge is 0.342 e. The average molecular weight is 1810 g/mol. The Morgan fingerprint density at radius 2 is 0.738 bits per heavy atom. The molecule has 122 heavy (non-hydrogen) atoms. The van der Waals surface area contributed by atoms with Crippen LogP contribution in [0.1, 0.15) is 280 Å². The molecule has 9 heterocycles. The highest BCUT2D eigenvalue weighted by molar-refractivity contribution is 7.98. The highest BCUT2D eigenvalue weighted by Crippen LogP contribution is 2.57. The van der Waals surface area contributed by atoms with Gasteiger partial charge >= 0.3 is 35.8 Å². The first-order chi connectivity index (χ1) is 57.2. The number of hydrogen-bond donors (Lipinski definition) is 2. The van der Waals surface area contributed by atoms with Gasteiger partial charge in [-0.2, -0.15) is 0 Å². The van der Waals surface area contributed by atoms with Crippen LogP contribution >= 0.6 is 69.1 Å². The van der Waals surface area contributed by atoms with E-state index in [1.54, 1.807) is 46.0 Å². The third kappa shape index (κ3) is 25.7. The lowest BCUT2D eigenvalue weighted by Gasteiger charge is -2.39. The molecule has 0 aromatic carbocycles. The van der Waals surface area contributed by atoms with Crippen molar-refractivity contribution >= 4 is 148 Å². The standard InChI is InChI=1S/C21H29N3O2S.C20H27N3O2S.C19H25N3O2S.C8H9ClN2O2S.C8H10N2O4S.C8H10N2O2S.C2H6/c1-8-26-18(25)14-11-22-19(23-12-14)24(7)17-13(2)15-16(27-17)21(5,6)10-9-20(15,3)4;1-7-25-17(24)13-10-21-18(22-11-13)23-16-12(2)14-15(26-16)20(5,6)9-8-19(14,3)4;1-11-13-14(19(4,5)8-7-18(13,2)3)25-15(11)22(6)17-20-9-12(10-21-17)16(23)24;1-3-13-7(12)5-4-10-8(14-2)11-6(5)9;1-3-14-7(11)6-4-9-8(10-5-6)15(2,12)13;1-3-12-7(11)6-4-9-8(13-2)10-5-6;1-2/h11-12H,8-10H2,1-7H3;10-11H,7-9H2,1-6H3,(H,21,22,23);9-10H,7-8H2,1-6H3,(H,23,24);4H,3H2,1-2H3;4-5H,3H2,1-2H3;4-5H,3H2,1-2H3;1-2H3. The number of sulfone groups is 1. The predicted molar refractivity (Wildman–Crippen MR) is 484 cm³/mol. The fraction of sp³-hybridized carbons (Fsp3) is 0.512. The SMILES string of the molecule is CC.CCOC(=O)c1cnc(N(C)c2sc3c(c2C)C(C)(C)CCC3(C)C)nc1.CCOC(=O)c1cnc(Nc2sc3c(c2C)C(C)(C)CCC3(C)C)nc1.CCOC(=O)c1cnc(S(C)(=O)=O)nc1.CCOC(=O)c1cnc(SC)nc1.CCOC(=O)c1cnc(SC)nc1Cl.Cc1c(N(C)c2ncc(C(=O)O)cn2)sc2c1C(C)(C)CCC2(C)C. The zero-order valence-corrected chi connectivity index (χ0v) is 80.6. The lowest BCUT2D eigenvalue weighted by Crippen LogP contribution is -2.32. The van der Waals surface area contributed by atoms with Crippen molar-refractivity contribution in [3.05, 3.63) is 155 Å². The first-order valence-electron chi connectivity index (χ1n) is 39.9. The molecule has 29 nitrogen and oxygen atoms in total. The molecule has 0 saturated carbocycles. The van der Waals surface area contributed by atoms with Crippen molar-refractivity contribution in [1.82, 2.24) is 59.8 Å². The van der Waals surface area contributed by atoms with Gasteiger partial charge < -0.3 is 43.9 Å². The van der Waals surface area contributed by atoms with Gasteiger partial charge in [-0.3, -0.25) is 0 Å². The highest BCUT2D eigenvalue weighted by atomic mass is 35.5. The second kappa shape index (κ2) is 43.9. The Morgan fingerprint density at radius 3 is 1.05 bits per heavy atom. The van der Waals surface area contributed by atoms with Crippen molar-refractivity contribution < 1.29 is 66.0 Å². The maximum absolute atomic E-state index is 11.8. The Bertz CT molecular complexity index is 5200. The summed E-state index contributed by atoms with van der Waals surface area (Å²) in [4.78, 5) is 125. The molecule has 36 heteroatoms. The van der Waals surface area contributed by atoms with Gasteiger partial charge in [0.2, 0.25) is 32.8 Å². The van der Waals surface area contributed by atoms with E-state index >= 15 is 0 Å². The van der Waals surface area contributed by atoms with Gasteiger partial charge in [-0.05, 0) is 172 Å². The van der Waals surface area contributed by atoms with Crippen molar-refractivity contribution in [3.63, 3.8) is 0 Å². The van der Waals surface area contributed by atoms with Crippen LogP contribution in [-0.4, -0.2) is 175 Å². The van der Waals surface area contributed by atoms with E-state index in [0.29, 0.717) is 71.3 Å². The molecule has 9 aromatic heterocycles. The lowest BCUT2D eigenvalue weighted by atomic mass is 9.66. The van der Waals surface area contributed by atoms with Crippen LogP contribution in [0.3, 0.4) is 0 Å². The largest absolute Gasteiger partial charge is 0.478 e. The maximum Gasteiger partial charge on any atom is 0.342 e. The number of nitrogens with one attached hydrogen (secondary N) is 1. The van der Waals surface area contributed by atoms with E-state index in [1.807, 2.05) is 72.9 Å². The van der Waals surface area contributed by atoms with E-state index in [4.69, 9.17) is 35.7 Å². The molecule has 0 radical (unpaired) electrons. The number of carboxylic acids is 1. The maximum atomic E-state index is 11.8. The van der Waals surface area contributed by atoms with Crippen molar-refractivity contribution in [1.29, 1.82) is 0 Å². The molecule has 3 aliphatic rings. The van der Waals surface area contributed by atoms with Gasteiger partial charge in [0.1, 0.15) is 20.7 Å². The second-order valence-electron chi connectivity index (χ2n) is 32.1. The van der Waals surface area contributed by atoms with E-state index in [-0.39, 0.29) is 72.1 Å². The van der Waals surface area contributed by atoms with Gasteiger partial charge in [0.25, 0.3) is 0 Å². The Morgan fingerprint density at radius 1 is 0.443 bits per heavy atom. The minimum atomic E-state index is -3.43. The molecule has 0 unspecified atom stereocenters. The number of fused-ring (bicyclic) bond motifs is 3. The third-order valence-electron chi connectivity index (χ3n) is 20.2. The number of rotatable bonds is 20. The second-order valence-corrected chi connectivity index (χ2v) is 38.9. The van der Waals surface area contributed by atoms with Crippen molar-refractivity contribution in [3.8, 4) is 0 Å². The van der Waals surface area contributed by atoms with Crippen LogP contribution in [0.25, 0.3) is 0 Å². The summed E-state index contributed by atoms with van der Waals surface area (Å²) in [7, 11) is 0.502. The first kappa shape index (κ1) is 102. The number of esters is 5. The van der Waals surface area contributed by atoms with Crippen molar-refractivity contribution in [2.45, 2.75) is 239 Å². The summed E-state index contributed by atoms with van der Waals surface area (Å²) in [6, 6.07) is 0. The molecule has 0 amide bonds. The van der Waals surface area contributed by atoms with Gasteiger partial charge in [-0.25, -0.2) is 97.0 Å². The Kier molecular flexibility index (Phi) is 36.5. The molecule has 0 atom stereocenters. The molecule has 0 spiro atoms. The van der Waals surface area contributed by atoms with Gasteiger partial charge in [0.05, 0.1) is 65.9 Å². The van der Waals surface area contributed by atoms with Crippen LogP contribution in [0.15, 0.2) is 83.6 Å². The summed E-state index contributed by atoms with van der Waals surface area (Å²) in [6.07, 6.45) is 27.2. The van der Waals surface area contributed by atoms with Gasteiger partial charge in [0, 0.05) is 103 Å². The van der Waals surface area contributed by atoms with Crippen LogP contribution in [-0.2, 0) is 66.0 Å². The molecule has 0 bridgehead atoms. The van der Waals surface area contributed by atoms with E-state index in [1.165, 1.54) is 171 Å². The quantitative estimate of drug-likeness (QED) is 0.0235. The number of aromatic carboxylic acids is 1. The number of aromatic nitrogens is 12. The molecule has 662 valence electrons. The number of carbonyl (C=O) groups is 6. The van der Waals surface area contributed by atoms with Crippen molar-refractivity contribution in [2.24, 2.45) is 0 Å². The third-order valence-corrected chi connectivity index (χ3v) is 27.6. The summed E-state index contributed by atoms with van der Waals surface area (Å²) < 4.78 is 46.2. The fourth-order valence-corrected chi connectivity index (χ4v) is 19.6. The van der Waals surface area contributed by atoms with E-state index in [9.17, 15) is 37.2 Å². The zero-order valence-electron chi connectivity index (χ0n) is 75.0. The molecule has 0 saturated heterocycles. The molecule has 0 fully saturated rings. The van der Waals surface area contributed by atoms with Crippen LogP contribution < -0.4 is 15.1 Å². The Labute approximate surface area is 742 Å². The van der Waals surface area contributed by atoms with Crippen LogP contribution in [0.5, 0.6) is 0 Å². The first-order valence-corrected chi connectivity index (χ1v) is 47.0. The van der Waals surface area contributed by atoms with Gasteiger partial charge in [0.15, 0.2) is 10.3 Å². The predicted octanol–water partition coefficient (Wildman–Crippen LogP) is 19.4. The molecule has 3 aliphatic carbocycles. The number of carboxylic acid groups (broad SMARTS) is 1. The van der Waals surface area contributed by atoms with Crippen molar-refractivity contribution in [2.75, 3.05) is 81.0 Å². The number of anilines is 6. The molecule has 9 aromatic rings. The minimum absolute atomic E-state index is 0.0987. The summed E-state index contributed by atoms with van der Waals surface area (Å²) in [5, 5.41) is 16.7. The number of ether oxygens (including phenoxy) is 5. The summed E-state index contributed by atoms with van der Waals surface area (Å²) >= 11 is 14.0. The topological polar surface area (TPSA) is 376 Å². The number of carbonyl (C=O) groups excluding carboxylic acids is 5. The monoisotopic (exact) mass is 1810 g/mol. The summed E-state index contributed by atoms with van der Waals surface area (Å²) in [6.45, 7) is 48.8. The number of nitrogens with zero attached hydrogens (tertiary/aromatic N) is 14. The minimum Gasteiger partial charge on any atom is -0.478 e. The Balaban J connectivity index is 0.000000231. The van der Waals surface area contributed by atoms with Gasteiger partial charge in [-0.1, -0.05) is 132 Å². The van der Waals surface area contributed by atoms with E-state index in [2.05, 4.69) is 174 Å². The number of thioether (sulfide) groups is 2. The normalized spacial score (nSPS) is 14.8. The molecular formula is C86H116ClN15O14S6. The van der Waals surface area contributed by atoms with Crippen LogP contribution in [0, 0.1) is 20.8 Å². The molecular weight excluding hydrogens is 1690 g/mol. The van der Waals surface area contributed by atoms with Crippen LogP contribution in [0.4, 0.5) is 32.8 Å². The van der Waals surface area contributed by atoms with E-state index in [0.717, 1.165) is 28.7 Å². The fourth-order valence-electron chi connectivity index (χ4n) is 13.5. The van der Waals surface area contributed by atoms with Crippen LogP contribution in [0.2, 0.25) is 5.15 Å². The zero-order chi connectivity index (χ0) is 91.4. The number of halogens is 1. The molecule has 0 aliphatic heterocycles. The molecule has 2 N–H and O–H groups in total. The average Bonchev–Trinajstić information content (AvgIpc) is 1.59. The highest BCUT2D eigenvalue weighted by Gasteiger charge is 2.44. The number of hydrogen-bond acceptors (Lipinski definition) is 33. The number of thiophene rings is 3. The van der Waals surface area contributed by atoms with E-state index < -0.39 is 39.7 Å².